The molecule has 1 aromatic rings. The molecule has 0 spiro atoms. The van der Waals surface area contributed by atoms with Gasteiger partial charge in [-0.15, -0.1) is 11.3 Å². The quantitative estimate of drug-likeness (QED) is 0.398. The Morgan fingerprint density at radius 1 is 1.36 bits per heavy atom. The summed E-state index contributed by atoms with van der Waals surface area (Å²) in [5.41, 5.74) is 1.23. The molecule has 1 saturated heterocycles. The van der Waals surface area contributed by atoms with Crippen molar-refractivity contribution >= 4 is 17.3 Å². The lowest BCUT2D eigenvalue weighted by atomic mass is 9.97. The van der Waals surface area contributed by atoms with Crippen LogP contribution in [0.15, 0.2) is 10.4 Å². The molecule has 0 aromatic carbocycles. The number of hydrogen-bond donors (Lipinski definition) is 2. The third kappa shape index (κ3) is 7.30. The summed E-state index contributed by atoms with van der Waals surface area (Å²) in [6, 6.07) is 0. The maximum absolute atomic E-state index is 5.34. The van der Waals surface area contributed by atoms with Crippen LogP contribution in [0.1, 0.15) is 37.4 Å². The zero-order chi connectivity index (χ0) is 17.9. The normalized spacial score (nSPS) is 17.0. The molecule has 7 heteroatoms. The number of hydrogen-bond acceptors (Lipinski definition) is 5. The van der Waals surface area contributed by atoms with Gasteiger partial charge in [0.25, 0.3) is 0 Å². The molecular formula is C18H33N5OS. The van der Waals surface area contributed by atoms with Crippen LogP contribution in [0.25, 0.3) is 0 Å². The standard InChI is InChI=1S/C18H33N5OS/c1-4-17-22-16(14-25-17)13-23-9-6-15(7-10-23)12-21-18(19-3)20-8-11-24-5-2/h14-15H,4-13H2,1-3H3,(H2,19,20,21). The molecule has 2 heterocycles. The first-order chi connectivity index (χ1) is 12.2. The van der Waals surface area contributed by atoms with Crippen LogP contribution < -0.4 is 10.6 Å². The smallest absolute Gasteiger partial charge is 0.191 e. The van der Waals surface area contributed by atoms with E-state index in [1.165, 1.54) is 23.5 Å². The Kier molecular flexibility index (Phi) is 9.21. The summed E-state index contributed by atoms with van der Waals surface area (Å²) in [7, 11) is 1.82. The van der Waals surface area contributed by atoms with Gasteiger partial charge in [0.2, 0.25) is 0 Å². The van der Waals surface area contributed by atoms with Crippen LogP contribution >= 0.6 is 11.3 Å². The van der Waals surface area contributed by atoms with E-state index in [0.717, 1.165) is 51.7 Å². The van der Waals surface area contributed by atoms with Gasteiger partial charge in [-0.25, -0.2) is 4.98 Å². The molecule has 0 unspecified atom stereocenters. The lowest BCUT2D eigenvalue weighted by Crippen LogP contribution is -2.43. The van der Waals surface area contributed by atoms with E-state index in [0.29, 0.717) is 12.5 Å². The average Bonchev–Trinajstić information content (AvgIpc) is 3.10. The van der Waals surface area contributed by atoms with Crippen molar-refractivity contribution in [3.63, 3.8) is 0 Å². The second-order valence-corrected chi connectivity index (χ2v) is 7.33. The first-order valence-corrected chi connectivity index (χ1v) is 10.3. The van der Waals surface area contributed by atoms with E-state index >= 15 is 0 Å². The van der Waals surface area contributed by atoms with E-state index in [9.17, 15) is 0 Å². The fourth-order valence-electron chi connectivity index (χ4n) is 3.01. The van der Waals surface area contributed by atoms with Crippen molar-refractivity contribution in [2.75, 3.05) is 46.4 Å². The van der Waals surface area contributed by atoms with Gasteiger partial charge in [0.1, 0.15) is 0 Å². The lowest BCUT2D eigenvalue weighted by Gasteiger charge is -2.31. The Balaban J connectivity index is 1.62. The van der Waals surface area contributed by atoms with E-state index < -0.39 is 0 Å². The maximum Gasteiger partial charge on any atom is 0.191 e. The highest BCUT2D eigenvalue weighted by Crippen LogP contribution is 2.19. The van der Waals surface area contributed by atoms with Crippen LogP contribution in [-0.4, -0.2) is 62.3 Å². The second kappa shape index (κ2) is 11.4. The van der Waals surface area contributed by atoms with Crippen molar-refractivity contribution < 1.29 is 4.74 Å². The van der Waals surface area contributed by atoms with Crippen molar-refractivity contribution in [1.82, 2.24) is 20.5 Å². The first kappa shape index (κ1) is 20.1. The maximum atomic E-state index is 5.34. The molecule has 0 bridgehead atoms. The Labute approximate surface area is 156 Å². The topological polar surface area (TPSA) is 61.8 Å². The Morgan fingerprint density at radius 2 is 2.16 bits per heavy atom. The highest BCUT2D eigenvalue weighted by molar-refractivity contribution is 7.09. The third-order valence-corrected chi connectivity index (χ3v) is 5.56. The highest BCUT2D eigenvalue weighted by Gasteiger charge is 2.20. The minimum atomic E-state index is 0.711. The highest BCUT2D eigenvalue weighted by atomic mass is 32.1. The van der Waals surface area contributed by atoms with E-state index in [2.05, 4.69) is 37.8 Å². The molecule has 0 radical (unpaired) electrons. The van der Waals surface area contributed by atoms with Crippen LogP contribution in [-0.2, 0) is 17.7 Å². The van der Waals surface area contributed by atoms with E-state index in [-0.39, 0.29) is 0 Å². The molecule has 1 aromatic heterocycles. The lowest BCUT2D eigenvalue weighted by molar-refractivity contribution is 0.152. The van der Waals surface area contributed by atoms with E-state index in [4.69, 9.17) is 4.74 Å². The summed E-state index contributed by atoms with van der Waals surface area (Å²) in [5.74, 6) is 1.58. The minimum Gasteiger partial charge on any atom is -0.380 e. The minimum absolute atomic E-state index is 0.711. The average molecular weight is 368 g/mol. The fourth-order valence-corrected chi connectivity index (χ4v) is 3.75. The number of nitrogens with zero attached hydrogens (tertiary/aromatic N) is 3. The summed E-state index contributed by atoms with van der Waals surface area (Å²) < 4.78 is 5.34. The van der Waals surface area contributed by atoms with Gasteiger partial charge in [0.05, 0.1) is 17.3 Å². The van der Waals surface area contributed by atoms with Gasteiger partial charge in [-0.2, -0.15) is 0 Å². The van der Waals surface area contributed by atoms with Crippen molar-refractivity contribution in [1.29, 1.82) is 0 Å². The molecule has 0 amide bonds. The molecule has 1 aliphatic rings. The van der Waals surface area contributed by atoms with Crippen LogP contribution in [0.2, 0.25) is 0 Å². The molecule has 1 aliphatic heterocycles. The number of aliphatic imine (C=N–C) groups is 1. The Bertz CT molecular complexity index is 511. The molecule has 0 aliphatic carbocycles. The predicted molar refractivity (Wildman–Crippen MR) is 105 cm³/mol. The molecule has 2 rings (SSSR count). The van der Waals surface area contributed by atoms with Crippen LogP contribution in [0.3, 0.4) is 0 Å². The van der Waals surface area contributed by atoms with Gasteiger partial charge in [-0.05, 0) is 45.2 Å². The summed E-state index contributed by atoms with van der Waals surface area (Å²) >= 11 is 1.79. The van der Waals surface area contributed by atoms with Crippen molar-refractivity contribution in [3.05, 3.63) is 16.1 Å². The van der Waals surface area contributed by atoms with E-state index in [1.54, 1.807) is 11.3 Å². The molecule has 2 N–H and O–H groups in total. The zero-order valence-corrected chi connectivity index (χ0v) is 16.7. The van der Waals surface area contributed by atoms with Gasteiger partial charge in [-0.1, -0.05) is 6.92 Å². The number of piperidine rings is 1. The second-order valence-electron chi connectivity index (χ2n) is 6.38. The number of nitrogens with one attached hydrogen (secondary N) is 2. The van der Waals surface area contributed by atoms with Crippen molar-refractivity contribution in [3.8, 4) is 0 Å². The number of thiazole rings is 1. The molecule has 1 fully saturated rings. The van der Waals surface area contributed by atoms with Gasteiger partial charge < -0.3 is 15.4 Å². The number of ether oxygens (including phenoxy) is 1. The number of rotatable bonds is 9. The SMILES string of the molecule is CCOCCNC(=NC)NCC1CCN(Cc2csc(CC)n2)CC1. The van der Waals surface area contributed by atoms with Crippen LogP contribution in [0, 0.1) is 5.92 Å². The number of likely N-dealkylation sites (tertiary alicyclic amines) is 1. The summed E-state index contributed by atoms with van der Waals surface area (Å²) in [4.78, 5) is 11.5. The summed E-state index contributed by atoms with van der Waals surface area (Å²) in [5, 5.41) is 10.2. The van der Waals surface area contributed by atoms with E-state index in [1.807, 2.05) is 14.0 Å². The number of aromatic nitrogens is 1. The number of aryl methyl sites for hydroxylation is 1. The number of guanidine groups is 1. The van der Waals surface area contributed by atoms with Gasteiger partial charge in [0, 0.05) is 38.7 Å². The Morgan fingerprint density at radius 3 is 2.80 bits per heavy atom. The van der Waals surface area contributed by atoms with Crippen molar-refractivity contribution in [2.24, 2.45) is 10.9 Å². The molecule has 142 valence electrons. The molecule has 6 nitrogen and oxygen atoms in total. The van der Waals surface area contributed by atoms with Crippen molar-refractivity contribution in [2.45, 2.75) is 39.7 Å². The Hall–Kier alpha value is -1.18. The summed E-state index contributed by atoms with van der Waals surface area (Å²) in [6.07, 6.45) is 3.50. The molecular weight excluding hydrogens is 334 g/mol. The monoisotopic (exact) mass is 367 g/mol. The molecule has 25 heavy (non-hydrogen) atoms. The third-order valence-electron chi connectivity index (χ3n) is 4.52. The largest absolute Gasteiger partial charge is 0.380 e. The molecule has 0 atom stereocenters. The fraction of sp³-hybridized carbons (Fsp3) is 0.778. The van der Waals surface area contributed by atoms with Crippen LogP contribution in [0.5, 0.6) is 0 Å². The first-order valence-electron chi connectivity index (χ1n) is 9.43. The van der Waals surface area contributed by atoms with Gasteiger partial charge in [0.15, 0.2) is 5.96 Å². The van der Waals surface area contributed by atoms with Gasteiger partial charge >= 0.3 is 0 Å². The van der Waals surface area contributed by atoms with Crippen LogP contribution in [0.4, 0.5) is 0 Å². The zero-order valence-electron chi connectivity index (χ0n) is 15.9. The summed E-state index contributed by atoms with van der Waals surface area (Å²) in [6.45, 7) is 10.7. The van der Waals surface area contributed by atoms with Gasteiger partial charge in [-0.3, -0.25) is 9.89 Å². The molecule has 0 saturated carbocycles. The predicted octanol–water partition coefficient (Wildman–Crippen LogP) is 2.12.